The van der Waals surface area contributed by atoms with Gasteiger partial charge in [-0.25, -0.2) is 9.97 Å². The highest BCUT2D eigenvalue weighted by atomic mass is 35.5. The first-order valence-electron chi connectivity index (χ1n) is 7.91. The summed E-state index contributed by atoms with van der Waals surface area (Å²) in [6.07, 6.45) is 9.95. The number of pyridine rings is 1. The number of aromatic nitrogens is 3. The van der Waals surface area contributed by atoms with E-state index >= 15 is 0 Å². The number of nitrogens with zero attached hydrogens (tertiary/aromatic N) is 5. The van der Waals surface area contributed by atoms with Crippen molar-refractivity contribution in [2.75, 3.05) is 11.9 Å². The van der Waals surface area contributed by atoms with Crippen LogP contribution < -0.4 is 4.90 Å². The quantitative estimate of drug-likeness (QED) is 0.792. The van der Waals surface area contributed by atoms with Gasteiger partial charge in [0.15, 0.2) is 0 Å². The third kappa shape index (κ3) is 3.02. The SMILES string of the molecule is CN(c1ccc(C#N)c(Cl)n1)C1C=C(n2ccnc2)CCC1(C)C. The van der Waals surface area contributed by atoms with Crippen molar-refractivity contribution >= 4 is 23.1 Å². The number of anilines is 1. The Morgan fingerprint density at radius 1 is 1.42 bits per heavy atom. The zero-order valence-corrected chi connectivity index (χ0v) is 14.8. The van der Waals surface area contributed by atoms with Crippen LogP contribution in [0.2, 0.25) is 5.15 Å². The molecule has 2 heterocycles. The minimum Gasteiger partial charge on any atom is -0.353 e. The average molecular weight is 342 g/mol. The molecule has 0 aliphatic heterocycles. The fraction of sp³-hybridized carbons (Fsp3) is 0.389. The lowest BCUT2D eigenvalue weighted by atomic mass is 9.75. The van der Waals surface area contributed by atoms with Crippen molar-refractivity contribution < 1.29 is 0 Å². The molecule has 2 aromatic rings. The number of nitriles is 1. The van der Waals surface area contributed by atoms with Crippen LogP contribution in [0.3, 0.4) is 0 Å². The van der Waals surface area contributed by atoms with E-state index in [9.17, 15) is 0 Å². The van der Waals surface area contributed by atoms with Gasteiger partial charge in [0.25, 0.3) is 0 Å². The highest BCUT2D eigenvalue weighted by molar-refractivity contribution is 6.30. The van der Waals surface area contributed by atoms with E-state index in [-0.39, 0.29) is 16.6 Å². The average Bonchev–Trinajstić information content (AvgIpc) is 3.08. The normalized spacial score (nSPS) is 19.5. The maximum Gasteiger partial charge on any atom is 0.149 e. The third-order valence-electron chi connectivity index (χ3n) is 4.75. The Balaban J connectivity index is 1.96. The zero-order chi connectivity index (χ0) is 17.3. The van der Waals surface area contributed by atoms with Gasteiger partial charge in [-0.3, -0.25) is 0 Å². The van der Waals surface area contributed by atoms with Crippen molar-refractivity contribution in [2.45, 2.75) is 32.7 Å². The van der Waals surface area contributed by atoms with Crippen LogP contribution in [0.5, 0.6) is 0 Å². The second-order valence-corrected chi connectivity index (χ2v) is 7.15. The number of halogens is 1. The van der Waals surface area contributed by atoms with E-state index in [1.54, 1.807) is 12.3 Å². The topological polar surface area (TPSA) is 57.7 Å². The molecule has 0 N–H and O–H groups in total. The molecule has 1 aliphatic rings. The Morgan fingerprint density at radius 2 is 2.21 bits per heavy atom. The molecule has 124 valence electrons. The fourth-order valence-electron chi connectivity index (χ4n) is 3.22. The molecular formula is C18H20ClN5. The van der Waals surface area contributed by atoms with Gasteiger partial charge in [-0.15, -0.1) is 0 Å². The molecule has 24 heavy (non-hydrogen) atoms. The smallest absolute Gasteiger partial charge is 0.149 e. The fourth-order valence-corrected chi connectivity index (χ4v) is 3.41. The molecule has 0 bridgehead atoms. The van der Waals surface area contributed by atoms with E-state index in [0.717, 1.165) is 18.7 Å². The Labute approximate surface area is 147 Å². The van der Waals surface area contributed by atoms with Gasteiger partial charge in [-0.05, 0) is 36.5 Å². The molecule has 5 nitrogen and oxygen atoms in total. The molecule has 0 aromatic carbocycles. The number of rotatable bonds is 3. The first kappa shape index (κ1) is 16.5. The minimum atomic E-state index is 0.0981. The van der Waals surface area contributed by atoms with E-state index in [1.165, 1.54) is 5.70 Å². The maximum absolute atomic E-state index is 9.01. The lowest BCUT2D eigenvalue weighted by molar-refractivity contribution is 0.282. The summed E-state index contributed by atoms with van der Waals surface area (Å²) < 4.78 is 2.06. The van der Waals surface area contributed by atoms with Crippen molar-refractivity contribution in [3.8, 4) is 6.07 Å². The molecule has 1 aliphatic carbocycles. The molecule has 0 radical (unpaired) electrons. The van der Waals surface area contributed by atoms with E-state index in [4.69, 9.17) is 16.9 Å². The van der Waals surface area contributed by atoms with Crippen LogP contribution in [0.4, 0.5) is 5.82 Å². The predicted octanol–water partition coefficient (Wildman–Crippen LogP) is 3.97. The summed E-state index contributed by atoms with van der Waals surface area (Å²) in [6, 6.07) is 5.78. The van der Waals surface area contributed by atoms with Crippen molar-refractivity contribution in [1.82, 2.24) is 14.5 Å². The Morgan fingerprint density at radius 3 is 2.83 bits per heavy atom. The molecule has 0 saturated heterocycles. The molecular weight excluding hydrogens is 322 g/mol. The predicted molar refractivity (Wildman–Crippen MR) is 95.7 cm³/mol. The summed E-state index contributed by atoms with van der Waals surface area (Å²) in [6.45, 7) is 4.53. The summed E-state index contributed by atoms with van der Waals surface area (Å²) in [5.41, 5.74) is 1.73. The van der Waals surface area contributed by atoms with E-state index in [0.29, 0.717) is 5.56 Å². The molecule has 6 heteroatoms. The second-order valence-electron chi connectivity index (χ2n) is 6.79. The van der Waals surface area contributed by atoms with Crippen LogP contribution in [0.25, 0.3) is 5.70 Å². The van der Waals surface area contributed by atoms with Crippen LogP contribution in [0, 0.1) is 16.7 Å². The first-order chi connectivity index (χ1) is 11.4. The molecule has 3 rings (SSSR count). The maximum atomic E-state index is 9.01. The van der Waals surface area contributed by atoms with Gasteiger partial charge < -0.3 is 9.47 Å². The van der Waals surface area contributed by atoms with Gasteiger partial charge in [0, 0.05) is 25.1 Å². The van der Waals surface area contributed by atoms with Crippen LogP contribution in [0.15, 0.2) is 36.9 Å². The summed E-state index contributed by atoms with van der Waals surface area (Å²) in [7, 11) is 2.02. The Bertz CT molecular complexity index is 801. The van der Waals surface area contributed by atoms with Gasteiger partial charge >= 0.3 is 0 Å². The third-order valence-corrected chi connectivity index (χ3v) is 5.03. The zero-order valence-electron chi connectivity index (χ0n) is 14.1. The van der Waals surface area contributed by atoms with Gasteiger partial charge in [0.05, 0.1) is 17.9 Å². The molecule has 1 atom stereocenters. The number of imidazole rings is 1. The van der Waals surface area contributed by atoms with Crippen LogP contribution in [-0.2, 0) is 0 Å². The molecule has 0 spiro atoms. The van der Waals surface area contributed by atoms with E-state index < -0.39 is 0 Å². The van der Waals surface area contributed by atoms with E-state index in [2.05, 4.69) is 39.4 Å². The second kappa shape index (κ2) is 6.29. The van der Waals surface area contributed by atoms with Gasteiger partial charge in [0.1, 0.15) is 17.0 Å². The molecule has 2 aromatic heterocycles. The summed E-state index contributed by atoms with van der Waals surface area (Å²) >= 11 is 6.11. The molecule has 0 amide bonds. The van der Waals surface area contributed by atoms with Crippen molar-refractivity contribution in [3.05, 3.63) is 47.6 Å². The molecule has 0 saturated carbocycles. The lowest BCUT2D eigenvalue weighted by Gasteiger charge is -2.43. The first-order valence-corrected chi connectivity index (χ1v) is 8.28. The number of likely N-dealkylation sites (N-methyl/N-ethyl adjacent to an activating group) is 1. The van der Waals surface area contributed by atoms with Gasteiger partial charge in [-0.1, -0.05) is 25.4 Å². The summed E-state index contributed by atoms with van der Waals surface area (Å²) in [5.74, 6) is 0.764. The monoisotopic (exact) mass is 341 g/mol. The number of hydrogen-bond acceptors (Lipinski definition) is 4. The number of allylic oxidation sites excluding steroid dienone is 1. The minimum absolute atomic E-state index is 0.0981. The van der Waals surface area contributed by atoms with E-state index in [1.807, 2.05) is 31.7 Å². The Kier molecular flexibility index (Phi) is 4.33. The Hall–Kier alpha value is -2.32. The van der Waals surface area contributed by atoms with Crippen LogP contribution in [-0.4, -0.2) is 27.6 Å². The highest BCUT2D eigenvalue weighted by Gasteiger charge is 2.35. The standard InChI is InChI=1S/C18H20ClN5/c1-18(2)7-6-14(24-9-8-21-12-24)10-15(18)23(3)16-5-4-13(11-20)17(19)22-16/h4-5,8-10,12,15H,6-7H2,1-3H3. The highest BCUT2D eigenvalue weighted by Crippen LogP contribution is 2.40. The molecule has 0 fully saturated rings. The van der Waals surface area contributed by atoms with Gasteiger partial charge in [0.2, 0.25) is 0 Å². The summed E-state index contributed by atoms with van der Waals surface area (Å²) in [5, 5.41) is 9.26. The van der Waals surface area contributed by atoms with Gasteiger partial charge in [-0.2, -0.15) is 5.26 Å². The van der Waals surface area contributed by atoms with Crippen molar-refractivity contribution in [1.29, 1.82) is 5.26 Å². The summed E-state index contributed by atoms with van der Waals surface area (Å²) in [4.78, 5) is 10.7. The van der Waals surface area contributed by atoms with Crippen LogP contribution in [0.1, 0.15) is 32.3 Å². The van der Waals surface area contributed by atoms with Crippen molar-refractivity contribution in [3.63, 3.8) is 0 Å². The molecule has 1 unspecified atom stereocenters. The largest absolute Gasteiger partial charge is 0.353 e. The van der Waals surface area contributed by atoms with Crippen molar-refractivity contribution in [2.24, 2.45) is 5.41 Å². The lowest BCUT2D eigenvalue weighted by Crippen LogP contribution is -2.44. The van der Waals surface area contributed by atoms with Crippen LogP contribution >= 0.6 is 11.6 Å². The number of hydrogen-bond donors (Lipinski definition) is 0.